The highest BCUT2D eigenvalue weighted by atomic mass is 32.2. The molecule has 0 aromatic heterocycles. The summed E-state index contributed by atoms with van der Waals surface area (Å²) < 4.78 is 38.5. The third kappa shape index (κ3) is 3.45. The number of anilines is 1. The maximum Gasteiger partial charge on any atom is 0.251 e. The van der Waals surface area contributed by atoms with Gasteiger partial charge in [-0.1, -0.05) is 25.1 Å². The number of hydrogen-bond donors (Lipinski definition) is 1. The number of nitrogens with zero attached hydrogens (tertiary/aromatic N) is 1. The second-order valence-electron chi connectivity index (χ2n) is 6.10. The number of amides is 2. The highest BCUT2D eigenvalue weighted by Gasteiger charge is 2.41. The first-order valence-electron chi connectivity index (χ1n) is 7.98. The van der Waals surface area contributed by atoms with Crippen LogP contribution in [0.4, 0.5) is 10.1 Å². The van der Waals surface area contributed by atoms with Crippen molar-refractivity contribution in [3.63, 3.8) is 0 Å². The van der Waals surface area contributed by atoms with E-state index in [1.54, 1.807) is 25.1 Å². The molecule has 1 heterocycles. The lowest BCUT2D eigenvalue weighted by Crippen LogP contribution is -2.30. The smallest absolute Gasteiger partial charge is 0.251 e. The highest BCUT2D eigenvalue weighted by molar-refractivity contribution is 7.94. The average Bonchev–Trinajstić information content (AvgIpc) is 2.81. The van der Waals surface area contributed by atoms with Crippen LogP contribution in [-0.2, 0) is 21.4 Å². The van der Waals surface area contributed by atoms with Gasteiger partial charge in [-0.15, -0.1) is 0 Å². The van der Waals surface area contributed by atoms with Crippen LogP contribution in [0.2, 0.25) is 0 Å². The monoisotopic (exact) mass is 376 g/mol. The van der Waals surface area contributed by atoms with Crippen molar-refractivity contribution in [3.05, 3.63) is 65.5 Å². The predicted octanol–water partition coefficient (Wildman–Crippen LogP) is 2.07. The normalized spacial score (nSPS) is 18.8. The third-order valence-electron chi connectivity index (χ3n) is 4.12. The Bertz CT molecular complexity index is 957. The van der Waals surface area contributed by atoms with E-state index in [1.165, 1.54) is 30.3 Å². The maximum absolute atomic E-state index is 13.6. The van der Waals surface area contributed by atoms with Crippen LogP contribution < -0.4 is 9.62 Å². The molecule has 2 aromatic carbocycles. The summed E-state index contributed by atoms with van der Waals surface area (Å²) in [6, 6.07) is 11.8. The zero-order valence-electron chi connectivity index (χ0n) is 14.0. The average molecular weight is 376 g/mol. The summed E-state index contributed by atoms with van der Waals surface area (Å²) in [6.07, 6.45) is 0. The fraction of sp³-hybridized carbons (Fsp3) is 0.222. The first-order chi connectivity index (χ1) is 12.3. The molecule has 136 valence electrons. The van der Waals surface area contributed by atoms with Gasteiger partial charge >= 0.3 is 0 Å². The summed E-state index contributed by atoms with van der Waals surface area (Å²) in [5.74, 6) is -2.14. The van der Waals surface area contributed by atoms with Gasteiger partial charge in [0.2, 0.25) is 15.9 Å². The Morgan fingerprint density at radius 3 is 2.42 bits per heavy atom. The van der Waals surface area contributed by atoms with E-state index >= 15 is 0 Å². The minimum atomic E-state index is -3.68. The molecule has 3 rings (SSSR count). The SMILES string of the molecule is C[C@H]1CS(=O)(=O)N(c2ccc(C(=O)NCc3ccccc3F)cc2)C1=O. The number of rotatable bonds is 4. The standard InChI is InChI=1S/C18H17FN2O4S/c1-12-11-26(24,25)21(18(12)23)15-8-6-13(7-9-15)17(22)20-10-14-4-2-3-5-16(14)19/h2-9,12H,10-11H2,1H3,(H,20,22)/t12-/m0/s1. The Kier molecular flexibility index (Phi) is 4.78. The lowest BCUT2D eigenvalue weighted by Gasteiger charge is -2.15. The molecule has 0 radical (unpaired) electrons. The fourth-order valence-corrected chi connectivity index (χ4v) is 4.57. The summed E-state index contributed by atoms with van der Waals surface area (Å²) in [7, 11) is -3.68. The van der Waals surface area contributed by atoms with E-state index in [0.717, 1.165) is 4.31 Å². The molecule has 1 atom stereocenters. The van der Waals surface area contributed by atoms with Crippen LogP contribution in [0.3, 0.4) is 0 Å². The quantitative estimate of drug-likeness (QED) is 0.885. The van der Waals surface area contributed by atoms with Crippen LogP contribution in [0.15, 0.2) is 48.5 Å². The van der Waals surface area contributed by atoms with Crippen molar-refractivity contribution in [2.45, 2.75) is 13.5 Å². The largest absolute Gasteiger partial charge is 0.348 e. The molecule has 2 amide bonds. The predicted molar refractivity (Wildman–Crippen MR) is 94.4 cm³/mol. The van der Waals surface area contributed by atoms with Crippen LogP contribution in [0.25, 0.3) is 0 Å². The van der Waals surface area contributed by atoms with E-state index in [2.05, 4.69) is 5.32 Å². The molecule has 1 aliphatic heterocycles. The Morgan fingerprint density at radius 1 is 1.19 bits per heavy atom. The van der Waals surface area contributed by atoms with Crippen molar-refractivity contribution < 1.29 is 22.4 Å². The molecule has 0 aliphatic carbocycles. The van der Waals surface area contributed by atoms with Gasteiger partial charge in [0.15, 0.2) is 0 Å². The molecule has 0 unspecified atom stereocenters. The number of carbonyl (C=O) groups excluding carboxylic acids is 2. The van der Waals surface area contributed by atoms with Gasteiger partial charge in [-0.05, 0) is 30.3 Å². The zero-order valence-corrected chi connectivity index (χ0v) is 14.8. The van der Waals surface area contributed by atoms with E-state index in [-0.39, 0.29) is 23.5 Å². The molecule has 8 heteroatoms. The van der Waals surface area contributed by atoms with Gasteiger partial charge in [0, 0.05) is 17.7 Å². The van der Waals surface area contributed by atoms with E-state index < -0.39 is 33.6 Å². The zero-order chi connectivity index (χ0) is 18.9. The van der Waals surface area contributed by atoms with Gasteiger partial charge in [0.1, 0.15) is 5.82 Å². The van der Waals surface area contributed by atoms with Gasteiger partial charge in [-0.3, -0.25) is 9.59 Å². The fourth-order valence-electron chi connectivity index (χ4n) is 2.75. The van der Waals surface area contributed by atoms with Crippen molar-refractivity contribution in [2.24, 2.45) is 5.92 Å². The van der Waals surface area contributed by atoms with Crippen molar-refractivity contribution in [1.29, 1.82) is 0 Å². The lowest BCUT2D eigenvalue weighted by molar-refractivity contribution is -0.119. The minimum absolute atomic E-state index is 0.0315. The topological polar surface area (TPSA) is 83.6 Å². The molecule has 6 nitrogen and oxygen atoms in total. The summed E-state index contributed by atoms with van der Waals surface area (Å²) in [4.78, 5) is 24.2. The van der Waals surface area contributed by atoms with Gasteiger partial charge in [-0.2, -0.15) is 0 Å². The van der Waals surface area contributed by atoms with Crippen molar-refractivity contribution in [2.75, 3.05) is 10.1 Å². The molecule has 1 saturated heterocycles. The van der Waals surface area contributed by atoms with Crippen LogP contribution in [0.1, 0.15) is 22.8 Å². The summed E-state index contributed by atoms with van der Waals surface area (Å²) in [6.45, 7) is 1.59. The van der Waals surface area contributed by atoms with Crippen LogP contribution >= 0.6 is 0 Å². The summed E-state index contributed by atoms with van der Waals surface area (Å²) >= 11 is 0. The molecule has 0 spiro atoms. The second-order valence-corrected chi connectivity index (χ2v) is 7.97. The van der Waals surface area contributed by atoms with E-state index in [0.29, 0.717) is 5.56 Å². The molecular weight excluding hydrogens is 359 g/mol. The van der Waals surface area contributed by atoms with Crippen LogP contribution in [0, 0.1) is 11.7 Å². The van der Waals surface area contributed by atoms with Crippen LogP contribution in [-0.4, -0.2) is 26.0 Å². The van der Waals surface area contributed by atoms with Crippen molar-refractivity contribution >= 4 is 27.5 Å². The first-order valence-corrected chi connectivity index (χ1v) is 9.59. The lowest BCUT2D eigenvalue weighted by atomic mass is 10.1. The number of hydrogen-bond acceptors (Lipinski definition) is 4. The maximum atomic E-state index is 13.6. The third-order valence-corrected chi connectivity index (χ3v) is 5.99. The van der Waals surface area contributed by atoms with Gasteiger partial charge in [0.25, 0.3) is 5.91 Å². The highest BCUT2D eigenvalue weighted by Crippen LogP contribution is 2.28. The second kappa shape index (κ2) is 6.87. The number of sulfonamides is 1. The van der Waals surface area contributed by atoms with Crippen LogP contribution in [0.5, 0.6) is 0 Å². The Labute approximate surface area is 150 Å². The van der Waals surface area contributed by atoms with E-state index in [1.807, 2.05) is 0 Å². The van der Waals surface area contributed by atoms with Gasteiger partial charge < -0.3 is 5.32 Å². The number of carbonyl (C=O) groups is 2. The first kappa shape index (κ1) is 18.1. The summed E-state index contributed by atoms with van der Waals surface area (Å²) in [5.41, 5.74) is 0.840. The minimum Gasteiger partial charge on any atom is -0.348 e. The molecule has 1 fully saturated rings. The molecule has 2 aromatic rings. The van der Waals surface area contributed by atoms with Crippen molar-refractivity contribution in [3.8, 4) is 0 Å². The molecule has 0 saturated carbocycles. The van der Waals surface area contributed by atoms with E-state index in [4.69, 9.17) is 0 Å². The molecule has 1 N–H and O–H groups in total. The Morgan fingerprint density at radius 2 is 1.85 bits per heavy atom. The number of nitrogens with one attached hydrogen (secondary N) is 1. The molecule has 26 heavy (non-hydrogen) atoms. The van der Waals surface area contributed by atoms with Crippen molar-refractivity contribution in [1.82, 2.24) is 5.32 Å². The molecular formula is C18H17FN2O4S. The number of halogens is 1. The molecule has 1 aliphatic rings. The number of benzene rings is 2. The van der Waals surface area contributed by atoms with E-state index in [9.17, 15) is 22.4 Å². The Hall–Kier alpha value is -2.74. The van der Waals surface area contributed by atoms with Gasteiger partial charge in [-0.25, -0.2) is 17.1 Å². The summed E-state index contributed by atoms with van der Waals surface area (Å²) in [5, 5.41) is 2.60. The van der Waals surface area contributed by atoms with Gasteiger partial charge in [0.05, 0.1) is 17.4 Å². The molecule has 0 bridgehead atoms. The Balaban J connectivity index is 1.72.